The number of primary amides is 1. The molecule has 4 aromatic rings. The number of hydrogen-bond donors (Lipinski definition) is 5. The Morgan fingerprint density at radius 2 is 1.53 bits per heavy atom. The molecule has 2 aliphatic rings. The van der Waals surface area contributed by atoms with Gasteiger partial charge in [0.25, 0.3) is 11.5 Å². The molecule has 4 heterocycles. The molecule has 0 bridgehead atoms. The number of hydrogen-bond acceptors (Lipinski definition) is 13. The fourth-order valence-electron chi connectivity index (χ4n) is 9.49. The number of aromatic amines is 1. The number of aromatic carboxylic acids is 1. The molecule has 0 radical (unpaired) electrons. The first-order chi connectivity index (χ1) is 35.8. The average Bonchev–Trinajstić information content (AvgIpc) is 4.18. The van der Waals surface area contributed by atoms with Crippen LogP contribution in [0.4, 0.5) is 5.69 Å². The Hall–Kier alpha value is -8.30. The van der Waals surface area contributed by atoms with E-state index in [1.807, 2.05) is 31.2 Å². The number of rotatable bonds is 24. The number of Topliss-reactive ketones (excluding diaryl/α,β-unsaturated/α-hetero) is 2. The van der Waals surface area contributed by atoms with Crippen LogP contribution in [0.25, 0.3) is 10.9 Å². The van der Waals surface area contributed by atoms with Gasteiger partial charge in [-0.15, -0.1) is 0 Å². The van der Waals surface area contributed by atoms with Gasteiger partial charge in [-0.25, -0.2) is 9.59 Å². The summed E-state index contributed by atoms with van der Waals surface area (Å²) in [5.41, 5.74) is 6.05. The monoisotopic (exact) mass is 1040 g/mol. The second-order valence-electron chi connectivity index (χ2n) is 18.5. The predicted octanol–water partition coefficient (Wildman–Crippen LogP) is 4.22. The van der Waals surface area contributed by atoms with Gasteiger partial charge in [0, 0.05) is 72.1 Å². The van der Waals surface area contributed by atoms with Gasteiger partial charge in [-0.2, -0.15) is 0 Å². The number of carbonyl (C=O) groups is 9. The molecule has 6 N–H and O–H groups in total. The number of nitrogens with zero attached hydrogens (tertiary/aromatic N) is 4. The molecule has 5 atom stereocenters. The van der Waals surface area contributed by atoms with E-state index in [2.05, 4.69) is 20.4 Å². The van der Waals surface area contributed by atoms with Crippen LogP contribution in [-0.2, 0) is 51.3 Å². The van der Waals surface area contributed by atoms with E-state index in [0.717, 1.165) is 28.1 Å². The first-order valence-electron chi connectivity index (χ1n) is 24.8. The highest BCUT2D eigenvalue weighted by atomic mass is 16.6. The topological polar surface area (TPSA) is 321 Å². The van der Waals surface area contributed by atoms with Gasteiger partial charge in [0.05, 0.1) is 30.8 Å². The number of carboxylic acid groups (broad SMARTS) is 1. The maximum Gasteiger partial charge on any atom is 0.336 e. The summed E-state index contributed by atoms with van der Waals surface area (Å²) in [6, 6.07) is 13.0. The van der Waals surface area contributed by atoms with Crippen molar-refractivity contribution in [3.63, 3.8) is 0 Å². The van der Waals surface area contributed by atoms with Gasteiger partial charge in [-0.3, -0.25) is 48.5 Å². The third-order valence-corrected chi connectivity index (χ3v) is 13.2. The van der Waals surface area contributed by atoms with Crippen LogP contribution >= 0.6 is 0 Å². The van der Waals surface area contributed by atoms with Crippen LogP contribution in [0.1, 0.15) is 104 Å². The van der Waals surface area contributed by atoms with E-state index in [0.29, 0.717) is 38.6 Å². The normalized spacial score (nSPS) is 16.3. The number of ketones is 2. The van der Waals surface area contributed by atoms with Crippen LogP contribution in [0, 0.1) is 22.0 Å². The van der Waals surface area contributed by atoms with Crippen molar-refractivity contribution in [1.29, 1.82) is 0 Å². The number of nitrogens with two attached hydrogens (primary N) is 1. The molecule has 6 rings (SSSR count). The maximum absolute atomic E-state index is 14.4. The van der Waals surface area contributed by atoms with E-state index in [1.54, 1.807) is 6.20 Å². The molecular weight excluding hydrogens is 973 g/mol. The molecule has 22 heteroatoms. The highest BCUT2D eigenvalue weighted by molar-refractivity contribution is 6.06. The summed E-state index contributed by atoms with van der Waals surface area (Å²) >= 11 is 0. The van der Waals surface area contributed by atoms with Crippen molar-refractivity contribution in [3.05, 3.63) is 122 Å². The minimum atomic E-state index is -1.34. The largest absolute Gasteiger partial charge is 0.478 e. The second kappa shape index (κ2) is 27.7. The van der Waals surface area contributed by atoms with Crippen LogP contribution in [0.15, 0.2) is 90.0 Å². The van der Waals surface area contributed by atoms with Crippen LogP contribution in [0.2, 0.25) is 0 Å². The number of aromatic nitrogens is 2. The van der Waals surface area contributed by atoms with Gasteiger partial charge in [0.15, 0.2) is 18.6 Å². The lowest BCUT2D eigenvalue weighted by atomic mass is 9.90. The first kappa shape index (κ1) is 57.6. The number of para-hydroxylation sites is 1. The Kier molecular flexibility index (Phi) is 21.2. The van der Waals surface area contributed by atoms with Crippen molar-refractivity contribution in [1.82, 2.24) is 24.7 Å². The number of esters is 1. The number of likely N-dealkylation sites (tertiary alicyclic amines) is 2. The Morgan fingerprint density at radius 3 is 2.20 bits per heavy atom. The molecule has 2 aromatic heterocycles. The highest BCUT2D eigenvalue weighted by Crippen LogP contribution is 2.29. The molecule has 0 unspecified atom stereocenters. The molecule has 400 valence electrons. The van der Waals surface area contributed by atoms with Crippen molar-refractivity contribution >= 4 is 69.6 Å². The zero-order chi connectivity index (χ0) is 54.8. The SMILES string of the molecule is CCCC[C@H](CC(=O)[C@H](CC/C=C/C(=O)OC)NC(=O)c1ccccc1C(=O)O)C(=O)N1CCC[C@H]1C(=O)Nc1cccn(CC(=O)C[C@@H](Cc2c[nH]c3ccccc23)C(=O)N2CCC[C@H]2C(N)=O)c1=O.C[N+](=O)[O-]. The quantitative estimate of drug-likeness (QED) is 0.0284. The van der Waals surface area contributed by atoms with Crippen molar-refractivity contribution in [2.45, 2.75) is 109 Å². The van der Waals surface area contributed by atoms with E-state index in [1.165, 1.54) is 71.7 Å². The van der Waals surface area contributed by atoms with E-state index < -0.39 is 94.1 Å². The molecule has 0 aliphatic carbocycles. The Balaban J connectivity index is 0.00000251. The number of anilines is 1. The summed E-state index contributed by atoms with van der Waals surface area (Å²) in [5, 5.41) is 24.7. The first-order valence-corrected chi connectivity index (χ1v) is 24.8. The van der Waals surface area contributed by atoms with Crippen LogP contribution < -0.4 is 21.9 Å². The van der Waals surface area contributed by atoms with Gasteiger partial charge in [0.2, 0.25) is 23.6 Å². The minimum absolute atomic E-state index is 0.0106. The average molecular weight is 1040 g/mol. The number of fused-ring (bicyclic) bond motifs is 1. The number of unbranched alkanes of at least 4 members (excludes halogenated alkanes) is 1. The van der Waals surface area contributed by atoms with Gasteiger partial charge in [-0.05, 0) is 87.3 Å². The van der Waals surface area contributed by atoms with E-state index in [9.17, 15) is 53.1 Å². The number of nitrogens with one attached hydrogen (secondary N) is 3. The number of H-pyrrole nitrogens is 1. The van der Waals surface area contributed by atoms with Crippen LogP contribution in [-0.4, -0.2) is 128 Å². The van der Waals surface area contributed by atoms with Crippen molar-refractivity contribution < 1.29 is 57.9 Å². The summed E-state index contributed by atoms with van der Waals surface area (Å²) in [6.07, 6.45) is 8.86. The number of nitro groups is 1. The lowest BCUT2D eigenvalue weighted by molar-refractivity contribution is -0.445. The lowest BCUT2D eigenvalue weighted by Gasteiger charge is -2.29. The van der Waals surface area contributed by atoms with E-state index >= 15 is 0 Å². The second-order valence-corrected chi connectivity index (χ2v) is 18.5. The summed E-state index contributed by atoms with van der Waals surface area (Å²) in [7, 11) is 2.10. The van der Waals surface area contributed by atoms with Crippen molar-refractivity contribution in [2.75, 3.05) is 32.6 Å². The van der Waals surface area contributed by atoms with Crippen LogP contribution in [0.3, 0.4) is 0 Å². The molecule has 0 saturated carbocycles. The summed E-state index contributed by atoms with van der Waals surface area (Å²) in [6.45, 7) is 2.02. The highest BCUT2D eigenvalue weighted by Gasteiger charge is 2.40. The fraction of sp³-hybridized carbons (Fsp3) is 0.434. The molecule has 75 heavy (non-hydrogen) atoms. The van der Waals surface area contributed by atoms with Crippen LogP contribution in [0.5, 0.6) is 0 Å². The number of pyridine rings is 1. The number of carboxylic acids is 1. The van der Waals surface area contributed by atoms with Gasteiger partial charge in [0.1, 0.15) is 17.8 Å². The number of allylic oxidation sites excluding steroid dienone is 1. The standard InChI is InChI=1S/C52H61N7O12.CH3NO2/c1-3-4-14-32(29-44(61)40(19-9-10-23-45(62)71-2)55-47(64)37-16-5-6-17-38(37)52(69)70)49(66)59-26-13-22-43(59)48(65)56-41-20-11-24-57(51(41)68)31-35(60)28-33(50(67)58-25-12-21-42(58)46(53)63)27-34-30-54-39-18-8-7-15-36(34)39;1-2(3)4/h5-8,10-11,15-18,20,23-24,30,32-33,40,42-43,54H,3-4,9,12-14,19,21-22,25-29,31H2,1-2H3,(H2,53,63)(H,55,64)(H,56,65)(H,69,70);1H3/b23-10+;/t32-,33-,40+,42+,43+;/m1./s1. The third kappa shape index (κ3) is 15.8. The molecule has 22 nitrogen and oxygen atoms in total. The Labute approximate surface area is 432 Å². The molecule has 2 fully saturated rings. The molecule has 2 aliphatic heterocycles. The maximum atomic E-state index is 14.4. The molecular formula is C53H64N8O14. The molecule has 2 aromatic carbocycles. The van der Waals surface area contributed by atoms with Gasteiger partial charge in [-0.1, -0.05) is 56.2 Å². The van der Waals surface area contributed by atoms with Gasteiger partial charge < -0.3 is 45.6 Å². The van der Waals surface area contributed by atoms with Crippen molar-refractivity contribution in [2.24, 2.45) is 17.6 Å². The summed E-state index contributed by atoms with van der Waals surface area (Å²) < 4.78 is 5.77. The summed E-state index contributed by atoms with van der Waals surface area (Å²) in [4.78, 5) is 148. The Bertz CT molecular complexity index is 2850. The van der Waals surface area contributed by atoms with E-state index in [-0.39, 0.29) is 74.2 Å². The fourth-order valence-corrected chi connectivity index (χ4v) is 9.49. The number of carbonyl (C=O) groups excluding carboxylic acids is 8. The zero-order valence-electron chi connectivity index (χ0n) is 42.2. The number of amides is 5. The third-order valence-electron chi connectivity index (χ3n) is 13.2. The van der Waals surface area contributed by atoms with E-state index in [4.69, 9.17) is 15.8 Å². The zero-order valence-corrected chi connectivity index (χ0v) is 42.2. The molecule has 2 saturated heterocycles. The number of ether oxygens (including phenoxy) is 1. The predicted molar refractivity (Wildman–Crippen MR) is 274 cm³/mol. The lowest BCUT2D eigenvalue weighted by Crippen LogP contribution is -2.48. The molecule has 5 amide bonds. The smallest absolute Gasteiger partial charge is 0.336 e. The Morgan fingerprint density at radius 1 is 0.893 bits per heavy atom. The van der Waals surface area contributed by atoms with Crippen molar-refractivity contribution in [3.8, 4) is 0 Å². The number of methoxy groups -OCH3 is 1. The molecule has 0 spiro atoms. The minimum Gasteiger partial charge on any atom is -0.478 e. The summed E-state index contributed by atoms with van der Waals surface area (Å²) in [5.74, 6) is -7.59. The number of benzene rings is 2. The van der Waals surface area contributed by atoms with Gasteiger partial charge >= 0.3 is 11.9 Å².